The Morgan fingerprint density at radius 2 is 1.96 bits per heavy atom. The summed E-state index contributed by atoms with van der Waals surface area (Å²) in [4.78, 5) is 2.52. The smallest absolute Gasteiger partial charge is 0.246 e. The minimum atomic E-state index is -3.59. The zero-order valence-electron chi connectivity index (χ0n) is 13.6. The highest BCUT2D eigenvalue weighted by molar-refractivity contribution is 7.89. The maximum atomic E-state index is 13.0. The second-order valence-corrected chi connectivity index (χ2v) is 8.23. The van der Waals surface area contributed by atoms with Gasteiger partial charge in [0.05, 0.1) is 7.11 Å². The number of methoxy groups -OCH3 is 1. The molecule has 0 amide bonds. The van der Waals surface area contributed by atoms with E-state index in [0.29, 0.717) is 23.9 Å². The van der Waals surface area contributed by atoms with Crippen LogP contribution in [0.4, 0.5) is 0 Å². The van der Waals surface area contributed by atoms with Gasteiger partial charge in [-0.2, -0.15) is 4.31 Å². The molecule has 0 radical (unpaired) electrons. The number of sulfonamides is 1. The van der Waals surface area contributed by atoms with E-state index in [9.17, 15) is 8.42 Å². The molecule has 1 unspecified atom stereocenters. The van der Waals surface area contributed by atoms with Crippen LogP contribution in [0.1, 0.15) is 6.42 Å². The molecule has 6 nitrogen and oxygen atoms in total. The fourth-order valence-corrected chi connectivity index (χ4v) is 5.18. The van der Waals surface area contributed by atoms with E-state index in [1.807, 2.05) is 0 Å². The number of hydrogen-bond donors (Lipinski definition) is 1. The van der Waals surface area contributed by atoms with E-state index in [-0.39, 0.29) is 23.3 Å². The third kappa shape index (κ3) is 3.98. The summed E-state index contributed by atoms with van der Waals surface area (Å²) in [5.74, 6) is 0.333. The number of rotatable bonds is 4. The molecule has 2 aliphatic heterocycles. The van der Waals surface area contributed by atoms with Crippen molar-refractivity contribution < 1.29 is 13.2 Å². The Balaban J connectivity index is 0.00000208. The van der Waals surface area contributed by atoms with Crippen molar-refractivity contribution in [3.05, 3.63) is 23.2 Å². The minimum absolute atomic E-state index is 0. The number of ether oxygens (including phenoxy) is 1. The molecule has 2 aliphatic rings. The molecule has 1 N–H and O–H groups in total. The van der Waals surface area contributed by atoms with Crippen molar-refractivity contribution in [2.75, 3.05) is 46.4 Å². The van der Waals surface area contributed by atoms with Gasteiger partial charge in [0, 0.05) is 50.3 Å². The van der Waals surface area contributed by atoms with Crippen LogP contribution in [0.2, 0.25) is 5.02 Å². The van der Waals surface area contributed by atoms with Gasteiger partial charge in [0.25, 0.3) is 0 Å². The standard InChI is InChI=1S/C15H22ClN3O3S.ClH/c1-22-14-3-2-12(16)10-15(14)23(20,21)19-7-4-13(11-19)18-8-5-17-6-9-18;/h2-3,10,13,17H,4-9,11H2,1H3;1H. The van der Waals surface area contributed by atoms with E-state index in [0.717, 1.165) is 32.6 Å². The first-order valence-electron chi connectivity index (χ1n) is 7.81. The van der Waals surface area contributed by atoms with Gasteiger partial charge in [-0.05, 0) is 24.6 Å². The molecule has 0 aromatic heterocycles. The van der Waals surface area contributed by atoms with Crippen LogP contribution < -0.4 is 10.1 Å². The normalized spacial score (nSPS) is 23.0. The number of benzene rings is 1. The van der Waals surface area contributed by atoms with Gasteiger partial charge in [-0.15, -0.1) is 12.4 Å². The summed E-state index contributed by atoms with van der Waals surface area (Å²) in [6.07, 6.45) is 0.863. The van der Waals surface area contributed by atoms with Gasteiger partial charge in [-0.3, -0.25) is 4.90 Å². The van der Waals surface area contributed by atoms with E-state index < -0.39 is 10.0 Å². The van der Waals surface area contributed by atoms with Gasteiger partial charge >= 0.3 is 0 Å². The van der Waals surface area contributed by atoms with Gasteiger partial charge < -0.3 is 10.1 Å². The van der Waals surface area contributed by atoms with Crippen LogP contribution in [0.15, 0.2) is 23.1 Å². The summed E-state index contributed by atoms with van der Waals surface area (Å²) in [6, 6.07) is 4.98. The fourth-order valence-electron chi connectivity index (χ4n) is 3.27. The van der Waals surface area contributed by atoms with Crippen molar-refractivity contribution >= 4 is 34.0 Å². The second-order valence-electron chi connectivity index (χ2n) is 5.89. The molecule has 1 atom stereocenters. The Bertz CT molecular complexity index is 666. The average Bonchev–Trinajstić information content (AvgIpc) is 3.06. The van der Waals surface area contributed by atoms with Crippen LogP contribution in [0.5, 0.6) is 5.75 Å². The van der Waals surface area contributed by atoms with Gasteiger partial charge in [0.15, 0.2) is 0 Å². The Hall–Kier alpha value is -0.570. The summed E-state index contributed by atoms with van der Waals surface area (Å²) in [7, 11) is -2.13. The summed E-state index contributed by atoms with van der Waals surface area (Å²) in [6.45, 7) is 4.93. The van der Waals surface area contributed by atoms with E-state index >= 15 is 0 Å². The lowest BCUT2D eigenvalue weighted by Gasteiger charge is -2.32. The zero-order chi connectivity index (χ0) is 16.4. The molecule has 3 rings (SSSR count). The lowest BCUT2D eigenvalue weighted by molar-refractivity contribution is 0.179. The van der Waals surface area contributed by atoms with Crippen molar-refractivity contribution in [3.63, 3.8) is 0 Å². The molecule has 24 heavy (non-hydrogen) atoms. The fraction of sp³-hybridized carbons (Fsp3) is 0.600. The summed E-state index contributed by atoms with van der Waals surface area (Å²) < 4.78 is 32.7. The predicted molar refractivity (Wildman–Crippen MR) is 96.9 cm³/mol. The topological polar surface area (TPSA) is 61.9 Å². The van der Waals surface area contributed by atoms with E-state index in [1.165, 1.54) is 13.2 Å². The monoisotopic (exact) mass is 395 g/mol. The molecule has 1 aromatic rings. The number of halogens is 2. The molecular weight excluding hydrogens is 373 g/mol. The minimum Gasteiger partial charge on any atom is -0.495 e. The van der Waals surface area contributed by atoms with Crippen LogP contribution >= 0.6 is 24.0 Å². The van der Waals surface area contributed by atoms with E-state index in [1.54, 1.807) is 16.4 Å². The average molecular weight is 396 g/mol. The third-order valence-electron chi connectivity index (χ3n) is 4.54. The van der Waals surface area contributed by atoms with Crippen LogP contribution in [0.25, 0.3) is 0 Å². The zero-order valence-corrected chi connectivity index (χ0v) is 16.0. The van der Waals surface area contributed by atoms with Gasteiger partial charge in [0.1, 0.15) is 10.6 Å². The number of piperazine rings is 1. The van der Waals surface area contributed by atoms with Crippen LogP contribution in [0.3, 0.4) is 0 Å². The van der Waals surface area contributed by atoms with Crippen LogP contribution in [-0.4, -0.2) is 70.0 Å². The highest BCUT2D eigenvalue weighted by Gasteiger charge is 2.36. The third-order valence-corrected chi connectivity index (χ3v) is 6.66. The molecule has 2 heterocycles. The van der Waals surface area contributed by atoms with Crippen molar-refractivity contribution in [2.45, 2.75) is 17.4 Å². The molecule has 0 spiro atoms. The van der Waals surface area contributed by atoms with Crippen molar-refractivity contribution in [3.8, 4) is 5.75 Å². The highest BCUT2D eigenvalue weighted by Crippen LogP contribution is 2.32. The molecule has 136 valence electrons. The molecule has 0 bridgehead atoms. The Morgan fingerprint density at radius 3 is 2.62 bits per heavy atom. The number of nitrogens with one attached hydrogen (secondary N) is 1. The molecule has 0 saturated carbocycles. The lowest BCUT2D eigenvalue weighted by atomic mass is 10.2. The molecule has 2 saturated heterocycles. The van der Waals surface area contributed by atoms with Crippen LogP contribution in [-0.2, 0) is 10.0 Å². The summed E-state index contributed by atoms with van der Waals surface area (Å²) >= 11 is 5.98. The number of nitrogens with zero attached hydrogens (tertiary/aromatic N) is 2. The molecular formula is C15H23Cl2N3O3S. The second kappa shape index (κ2) is 8.21. The molecule has 1 aromatic carbocycles. The summed E-state index contributed by atoms with van der Waals surface area (Å²) in [5.41, 5.74) is 0. The molecule has 2 fully saturated rings. The maximum Gasteiger partial charge on any atom is 0.246 e. The summed E-state index contributed by atoms with van der Waals surface area (Å²) in [5, 5.41) is 3.71. The van der Waals surface area contributed by atoms with Gasteiger partial charge in [-0.25, -0.2) is 8.42 Å². The quantitative estimate of drug-likeness (QED) is 0.835. The van der Waals surface area contributed by atoms with Crippen LogP contribution in [0, 0.1) is 0 Å². The van der Waals surface area contributed by atoms with Crippen molar-refractivity contribution in [1.82, 2.24) is 14.5 Å². The first-order valence-corrected chi connectivity index (χ1v) is 9.62. The SMILES string of the molecule is COc1ccc(Cl)cc1S(=O)(=O)N1CCC(N2CCNCC2)C1.Cl. The Morgan fingerprint density at radius 1 is 1.25 bits per heavy atom. The van der Waals surface area contributed by atoms with E-state index in [4.69, 9.17) is 16.3 Å². The van der Waals surface area contributed by atoms with Crippen molar-refractivity contribution in [2.24, 2.45) is 0 Å². The van der Waals surface area contributed by atoms with Crippen molar-refractivity contribution in [1.29, 1.82) is 0 Å². The Kier molecular flexibility index (Phi) is 6.75. The first kappa shape index (κ1) is 19.8. The maximum absolute atomic E-state index is 13.0. The molecule has 9 heteroatoms. The van der Waals surface area contributed by atoms with E-state index in [2.05, 4.69) is 10.2 Å². The Labute approximate surface area is 154 Å². The lowest BCUT2D eigenvalue weighted by Crippen LogP contribution is -2.49. The molecule has 0 aliphatic carbocycles. The van der Waals surface area contributed by atoms with Gasteiger partial charge in [0.2, 0.25) is 10.0 Å². The largest absolute Gasteiger partial charge is 0.495 e. The van der Waals surface area contributed by atoms with Gasteiger partial charge in [-0.1, -0.05) is 11.6 Å². The number of hydrogen-bond acceptors (Lipinski definition) is 5. The first-order chi connectivity index (χ1) is 11.0. The predicted octanol–water partition coefficient (Wildman–Crippen LogP) is 1.44. The highest BCUT2D eigenvalue weighted by atomic mass is 35.5.